The fraction of sp³-hybridized carbons (Fsp3) is 0.306. The van der Waals surface area contributed by atoms with E-state index >= 15 is 0 Å². The van der Waals surface area contributed by atoms with Crippen LogP contribution >= 0.6 is 0 Å². The van der Waals surface area contributed by atoms with Gasteiger partial charge in [-0.1, -0.05) is 38.8 Å². The molecule has 0 unspecified atom stereocenters. The van der Waals surface area contributed by atoms with Gasteiger partial charge in [0.25, 0.3) is 0 Å². The van der Waals surface area contributed by atoms with Crippen LogP contribution in [0.25, 0.3) is 122 Å². The van der Waals surface area contributed by atoms with Gasteiger partial charge in [-0.05, 0) is 255 Å². The van der Waals surface area contributed by atoms with Gasteiger partial charge in [0, 0.05) is 92.2 Å². The van der Waals surface area contributed by atoms with Crippen LogP contribution in [0.5, 0.6) is 0 Å². The zero-order valence-corrected chi connectivity index (χ0v) is 62.4. The SMILES string of the molecule is Cc1noc(C)c1-c1cc(-n2c(C)cc3ccccc32)c2nc(C3CC3)[nH]c2c1.Cc1noc(C)c1-c1cc(-n2c(C)ccc2C)c2nc(C3CC3)[nH]c2c1.Cc1noc(C)c1-c1cc(-n2c(C)cnc2C)c2nc(C3CC3)[nH]c2c1.Cc1noc(C)c1-c1cc(-n2cccc2C)c2nc(C3CC3)[nH]c2c1. The molecule has 0 radical (unpaired) electrons. The lowest BCUT2D eigenvalue weighted by molar-refractivity contribution is 0.393. The summed E-state index contributed by atoms with van der Waals surface area (Å²) in [5.41, 5.74) is 32.0. The standard InChI is InChI=1S/C24H22N4O.C21H22N4O.C20H21N5O.C20H20N4O/c1-13-10-17-6-4-5-7-20(17)28(13)21-12-18(22-14(2)27-29-15(22)3)11-19-23(21)26-24(25-19)16-8-9-16;1-11-5-6-12(2)25(11)18-10-16(19-13(3)24-26-14(19)4)9-17-20(18)23-21(22-17)15-7-8-15;1-10-9-21-13(4)25(10)17-8-15(18-11(2)24-26-12(18)3)7-16-19(17)23-20(22-16)14-5-6-14;1-11-5-4-8-24(11)17-10-15(18-12(2)23-25-13(18)3)9-16-19(17)22-20(21-16)14-6-7-14/h4-7,10-12,16H,8-9H2,1-3H3,(H,25,26);5-6,9-10,15H,7-8H2,1-4H3,(H,22,23);7-9,14H,5-6H2,1-4H3,(H,22,23);4-5,8-10,14H,6-7H2,1-3H3,(H,21,22). The van der Waals surface area contributed by atoms with E-state index in [1.54, 1.807) is 0 Å². The summed E-state index contributed by atoms with van der Waals surface area (Å²) in [4.78, 5) is 38.6. The Balaban J connectivity index is 0.000000100. The number of H-pyrrole nitrogens is 4. The predicted octanol–water partition coefficient (Wildman–Crippen LogP) is 20.4. The number of benzene rings is 5. The Morgan fingerprint density at radius 1 is 0.340 bits per heavy atom. The summed E-state index contributed by atoms with van der Waals surface area (Å²) in [7, 11) is 0. The first kappa shape index (κ1) is 66.1. The summed E-state index contributed by atoms with van der Waals surface area (Å²) in [6.07, 6.45) is 13.8. The molecule has 0 bridgehead atoms. The lowest BCUT2D eigenvalue weighted by Crippen LogP contribution is -2.01. The van der Waals surface area contributed by atoms with Crippen LogP contribution in [0.1, 0.15) is 178 Å². The molecule has 4 saturated carbocycles. The van der Waals surface area contributed by atoms with Crippen LogP contribution in [-0.4, -0.2) is 83.8 Å². The summed E-state index contributed by atoms with van der Waals surface area (Å²) in [6.45, 7) is 28.4. The molecule has 106 heavy (non-hydrogen) atoms. The van der Waals surface area contributed by atoms with Crippen LogP contribution in [-0.2, 0) is 0 Å². The highest BCUT2D eigenvalue weighted by Crippen LogP contribution is 2.46. The van der Waals surface area contributed by atoms with Crippen molar-refractivity contribution in [3.8, 4) is 67.3 Å². The van der Waals surface area contributed by atoms with Crippen molar-refractivity contribution in [3.05, 3.63) is 219 Å². The summed E-state index contributed by atoms with van der Waals surface area (Å²) in [5.74, 6) is 11.0. The van der Waals surface area contributed by atoms with E-state index in [9.17, 15) is 0 Å². The van der Waals surface area contributed by atoms with Crippen molar-refractivity contribution in [1.29, 1.82) is 0 Å². The number of hydrogen-bond donors (Lipinski definition) is 4. The molecule has 0 aliphatic heterocycles. The van der Waals surface area contributed by atoms with Gasteiger partial charge in [0.05, 0.1) is 73.1 Å². The lowest BCUT2D eigenvalue weighted by Gasteiger charge is -2.12. The average molecular weight is 1410 g/mol. The summed E-state index contributed by atoms with van der Waals surface area (Å²) >= 11 is 0. The molecule has 4 aliphatic carbocycles. The molecule has 4 aliphatic rings. The number of nitrogens with zero attached hydrogens (tertiary/aromatic N) is 13. The number of nitrogens with one attached hydrogen (secondary N) is 4. The molecule has 4 N–H and O–H groups in total. The molecule has 12 heterocycles. The van der Waals surface area contributed by atoms with Gasteiger partial charge in [-0.15, -0.1) is 0 Å². The summed E-state index contributed by atoms with van der Waals surface area (Å²) in [5, 5.41) is 17.8. The number of fused-ring (bicyclic) bond motifs is 5. The van der Waals surface area contributed by atoms with Crippen molar-refractivity contribution < 1.29 is 18.1 Å². The highest BCUT2D eigenvalue weighted by molar-refractivity contribution is 5.96. The third-order valence-electron chi connectivity index (χ3n) is 21.7. The lowest BCUT2D eigenvalue weighted by atomic mass is 10.0. The third kappa shape index (κ3) is 11.8. The summed E-state index contributed by atoms with van der Waals surface area (Å²) in [6, 6.07) is 36.7. The van der Waals surface area contributed by atoms with E-state index in [1.807, 2.05) is 68.5 Å². The number of hydrogen-bond acceptors (Lipinski definition) is 13. The Morgan fingerprint density at radius 2 is 0.698 bits per heavy atom. The van der Waals surface area contributed by atoms with E-state index < -0.39 is 0 Å². The maximum absolute atomic E-state index is 5.46. The number of aryl methyl sites for hydroxylation is 14. The first-order chi connectivity index (χ1) is 51.3. The molecular formula is C85H85N17O4. The van der Waals surface area contributed by atoms with Gasteiger partial charge >= 0.3 is 0 Å². The minimum Gasteiger partial charge on any atom is -0.361 e. The second-order valence-corrected chi connectivity index (χ2v) is 29.9. The topological polar surface area (TPSA) is 251 Å². The maximum Gasteiger partial charge on any atom is 0.141 e. The van der Waals surface area contributed by atoms with Gasteiger partial charge in [0.2, 0.25) is 0 Å². The van der Waals surface area contributed by atoms with Gasteiger partial charge < -0.3 is 51.7 Å². The smallest absolute Gasteiger partial charge is 0.141 e. The second-order valence-electron chi connectivity index (χ2n) is 29.9. The van der Waals surface area contributed by atoms with Crippen LogP contribution in [0.4, 0.5) is 0 Å². The molecule has 534 valence electrons. The largest absolute Gasteiger partial charge is 0.361 e. The van der Waals surface area contributed by atoms with Crippen LogP contribution in [0.15, 0.2) is 134 Å². The maximum atomic E-state index is 5.46. The van der Waals surface area contributed by atoms with Crippen molar-refractivity contribution in [2.75, 3.05) is 0 Å². The fourth-order valence-corrected chi connectivity index (χ4v) is 15.8. The van der Waals surface area contributed by atoms with Gasteiger partial charge in [-0.3, -0.25) is 4.57 Å². The highest BCUT2D eigenvalue weighted by atomic mass is 16.5. The third-order valence-corrected chi connectivity index (χ3v) is 21.7. The Bertz CT molecular complexity index is 5990. The van der Waals surface area contributed by atoms with Gasteiger partial charge in [0.1, 0.15) is 74.2 Å². The van der Waals surface area contributed by atoms with Crippen LogP contribution in [0.3, 0.4) is 0 Å². The Labute approximate surface area is 611 Å². The van der Waals surface area contributed by atoms with E-state index in [-0.39, 0.29) is 0 Å². The number of aromatic nitrogens is 17. The number of para-hydroxylation sites is 1. The normalized spacial score (nSPS) is 14.4. The summed E-state index contributed by atoms with van der Waals surface area (Å²) < 4.78 is 30.6. The van der Waals surface area contributed by atoms with E-state index in [0.29, 0.717) is 23.7 Å². The molecule has 4 fully saturated rings. The Kier molecular flexibility index (Phi) is 15.9. The average Bonchev–Trinajstić information content (AvgIpc) is 1.59. The van der Waals surface area contributed by atoms with Crippen molar-refractivity contribution in [2.24, 2.45) is 0 Å². The zero-order valence-electron chi connectivity index (χ0n) is 62.4. The number of aromatic amines is 4. The van der Waals surface area contributed by atoms with E-state index in [4.69, 9.17) is 38.0 Å². The molecule has 12 aromatic heterocycles. The first-order valence-corrected chi connectivity index (χ1v) is 37.0. The zero-order chi connectivity index (χ0) is 72.8. The van der Waals surface area contributed by atoms with E-state index in [1.165, 1.54) is 85.0 Å². The monoisotopic (exact) mass is 1410 g/mol. The molecule has 0 atom stereocenters. The van der Waals surface area contributed by atoms with Gasteiger partial charge in [-0.2, -0.15) is 0 Å². The molecule has 21 rings (SSSR count). The molecule has 5 aromatic carbocycles. The Morgan fingerprint density at radius 3 is 1.04 bits per heavy atom. The van der Waals surface area contributed by atoms with Gasteiger partial charge in [-0.25, -0.2) is 24.9 Å². The molecule has 0 spiro atoms. The van der Waals surface area contributed by atoms with Crippen molar-refractivity contribution >= 4 is 55.0 Å². The van der Waals surface area contributed by atoms with Crippen molar-refractivity contribution in [3.63, 3.8) is 0 Å². The van der Waals surface area contributed by atoms with Crippen molar-refractivity contribution in [2.45, 2.75) is 172 Å². The molecular weight excluding hydrogens is 1320 g/mol. The van der Waals surface area contributed by atoms with E-state index in [0.717, 1.165) is 192 Å². The van der Waals surface area contributed by atoms with Crippen LogP contribution in [0.2, 0.25) is 0 Å². The predicted molar refractivity (Wildman–Crippen MR) is 413 cm³/mol. The minimum absolute atomic E-state index is 0.570. The highest BCUT2D eigenvalue weighted by Gasteiger charge is 2.33. The van der Waals surface area contributed by atoms with Crippen LogP contribution < -0.4 is 0 Å². The first-order valence-electron chi connectivity index (χ1n) is 37.0. The molecule has 21 nitrogen and oxygen atoms in total. The Hall–Kier alpha value is -11.9. The molecule has 0 saturated heterocycles. The molecule has 21 heteroatoms. The van der Waals surface area contributed by atoms with Crippen molar-refractivity contribution in [1.82, 2.24) is 83.8 Å². The number of rotatable bonds is 12. The van der Waals surface area contributed by atoms with Crippen LogP contribution in [0, 0.1) is 96.9 Å². The fourth-order valence-electron chi connectivity index (χ4n) is 15.8. The molecule has 17 aromatic rings. The number of imidazole rings is 5. The quantitative estimate of drug-likeness (QED) is 0.0889. The van der Waals surface area contributed by atoms with E-state index in [2.05, 4.69) is 208 Å². The molecule has 0 amide bonds. The second kappa shape index (κ2) is 25.5. The van der Waals surface area contributed by atoms with Gasteiger partial charge in [0.15, 0.2) is 0 Å². The minimum atomic E-state index is 0.570.